The largest absolute Gasteiger partial charge is 0.341 e. The molecule has 10 rings (SSSR count). The molecule has 2 atom stereocenters. The molecule has 19 heteroatoms. The molecule has 5 aromatic rings. The van der Waals surface area contributed by atoms with E-state index in [1.54, 1.807) is 51.1 Å². The van der Waals surface area contributed by atoms with E-state index in [2.05, 4.69) is 53.4 Å². The summed E-state index contributed by atoms with van der Waals surface area (Å²) in [6, 6.07) is 18.9. The molecule has 0 bridgehead atoms. The minimum absolute atomic E-state index is 0.0152. The van der Waals surface area contributed by atoms with Gasteiger partial charge in [0, 0.05) is 88.3 Å². The van der Waals surface area contributed by atoms with Crippen LogP contribution in [0.1, 0.15) is 193 Å². The lowest BCUT2D eigenvalue weighted by atomic mass is 9.81. The van der Waals surface area contributed by atoms with Crippen LogP contribution < -0.4 is 16.2 Å². The molecule has 5 aliphatic rings. The van der Waals surface area contributed by atoms with Crippen LogP contribution in [-0.2, 0) is 27.3 Å². The number of piperazine rings is 1. The maximum Gasteiger partial charge on any atom is 0.272 e. The number of hydrogen-bond donors (Lipinski definition) is 3. The predicted molar refractivity (Wildman–Crippen MR) is 350 cm³/mol. The molecule has 5 heterocycles. The molecule has 1 aromatic heterocycles. The van der Waals surface area contributed by atoms with Crippen LogP contribution in [0.25, 0.3) is 10.8 Å². The second-order valence-corrected chi connectivity index (χ2v) is 25.1. The normalized spacial score (nSPS) is 18.0. The molecule has 1 aliphatic carbocycles. The number of aromatic amines is 1. The highest BCUT2D eigenvalue weighted by Gasteiger charge is 2.38. The van der Waals surface area contributed by atoms with Crippen LogP contribution in [0.15, 0.2) is 83.7 Å². The summed E-state index contributed by atoms with van der Waals surface area (Å²) in [7, 11) is 0. The van der Waals surface area contributed by atoms with E-state index in [0.29, 0.717) is 111 Å². The minimum atomic E-state index is -0.774. The van der Waals surface area contributed by atoms with E-state index >= 15 is 8.78 Å². The van der Waals surface area contributed by atoms with Crippen molar-refractivity contribution < 1.29 is 41.5 Å². The van der Waals surface area contributed by atoms with Crippen LogP contribution in [0.2, 0.25) is 0 Å². The average molecular weight is 1260 g/mol. The molecule has 91 heavy (non-hydrogen) atoms. The average Bonchev–Trinajstić information content (AvgIpc) is 1.08. The Bertz CT molecular complexity index is 3220. The van der Waals surface area contributed by atoms with Crippen molar-refractivity contribution in [2.45, 2.75) is 169 Å². The maximum atomic E-state index is 16.5. The number of piperidine rings is 3. The van der Waals surface area contributed by atoms with E-state index in [-0.39, 0.29) is 71.4 Å². The fourth-order valence-corrected chi connectivity index (χ4v) is 13.4. The molecule has 4 saturated heterocycles. The van der Waals surface area contributed by atoms with Gasteiger partial charge in [0.2, 0.25) is 17.7 Å². The number of nitrogens with zero attached hydrogens (tertiary/aromatic N) is 6. The zero-order valence-corrected chi connectivity index (χ0v) is 54.8. The molecule has 496 valence electrons. The van der Waals surface area contributed by atoms with Crippen molar-refractivity contribution in [2.24, 2.45) is 17.8 Å². The summed E-state index contributed by atoms with van der Waals surface area (Å²) in [5, 5.41) is 13.9. The standard InChI is InChI=1S/C62H73F4N9O6.C5H12.C3H8.C2H6/c63-46-17-16-44(53(65)35-46)36-67-37-55(76)75-23-7-10-45(38-75)47-13-6-14-50(57(47)66)59(78)68-58(43-8-2-1-3-9-43)62(81)73-26-21-41(22-27-73)32-40-19-24-71(25-20-40)39-56(77)72-28-30-74(31-29-72)61(80)51-33-42(15-18-52(51)64)34-54-48-11-4-5-12-49(48)60(79)70-69-54;1-3-5-4-2;1-3-2;1-2/h4-6,11-18,33,35,40-41,43,45,58,67H,1-3,7-10,19-32,34,36-39H2,(H,68,78)(H,70,79);3-5H2,1-2H3;3H2,1-2H3;1-2H3. The van der Waals surface area contributed by atoms with Crippen LogP contribution in [0.5, 0.6) is 0 Å². The van der Waals surface area contributed by atoms with Gasteiger partial charge < -0.3 is 30.2 Å². The third-order valence-corrected chi connectivity index (χ3v) is 18.5. The van der Waals surface area contributed by atoms with E-state index in [4.69, 9.17) is 0 Å². The molecule has 4 aromatic carbocycles. The summed E-state index contributed by atoms with van der Waals surface area (Å²) in [4.78, 5) is 90.4. The number of amides is 5. The molecule has 15 nitrogen and oxygen atoms in total. The van der Waals surface area contributed by atoms with Gasteiger partial charge in [-0.1, -0.05) is 129 Å². The fraction of sp³-hybridized carbons (Fsp3) is 0.569. The number of benzene rings is 4. The highest BCUT2D eigenvalue weighted by molar-refractivity contribution is 5.98. The Morgan fingerprint density at radius 1 is 0.637 bits per heavy atom. The quantitative estimate of drug-likeness (QED) is 0.0722. The Kier molecular flexibility index (Phi) is 28.5. The van der Waals surface area contributed by atoms with Crippen LogP contribution >= 0.6 is 0 Å². The number of carbonyl (C=O) groups is 5. The molecule has 1 saturated carbocycles. The number of carbonyl (C=O) groups excluding carboxylic acids is 5. The molecule has 2 unspecified atom stereocenters. The van der Waals surface area contributed by atoms with Gasteiger partial charge in [0.15, 0.2) is 0 Å². The van der Waals surface area contributed by atoms with Crippen molar-refractivity contribution in [3.05, 3.63) is 146 Å². The van der Waals surface area contributed by atoms with E-state index in [1.807, 2.05) is 30.9 Å². The number of aromatic nitrogens is 2. The highest BCUT2D eigenvalue weighted by Crippen LogP contribution is 2.34. The van der Waals surface area contributed by atoms with Gasteiger partial charge in [-0.25, -0.2) is 22.7 Å². The number of fused-ring (bicyclic) bond motifs is 1. The first-order valence-corrected chi connectivity index (χ1v) is 33.9. The van der Waals surface area contributed by atoms with Gasteiger partial charge in [-0.05, 0) is 130 Å². The first-order chi connectivity index (χ1) is 44.1. The van der Waals surface area contributed by atoms with Crippen LogP contribution in [0.4, 0.5) is 17.6 Å². The summed E-state index contributed by atoms with van der Waals surface area (Å²) in [5.74, 6) is -3.48. The van der Waals surface area contributed by atoms with Crippen molar-refractivity contribution in [2.75, 3.05) is 78.5 Å². The predicted octanol–water partition coefficient (Wildman–Crippen LogP) is 12.2. The van der Waals surface area contributed by atoms with Crippen molar-refractivity contribution in [1.29, 1.82) is 0 Å². The smallest absolute Gasteiger partial charge is 0.272 e. The Balaban J connectivity index is 0.00000110. The molecule has 5 fully saturated rings. The zero-order chi connectivity index (χ0) is 65.4. The summed E-state index contributed by atoms with van der Waals surface area (Å²) in [6.45, 7) is 17.8. The van der Waals surface area contributed by atoms with Crippen LogP contribution in [0.3, 0.4) is 0 Å². The van der Waals surface area contributed by atoms with Crippen molar-refractivity contribution in [3.63, 3.8) is 0 Å². The highest BCUT2D eigenvalue weighted by atomic mass is 19.1. The van der Waals surface area contributed by atoms with Crippen molar-refractivity contribution in [3.8, 4) is 0 Å². The molecule has 4 aliphatic heterocycles. The molecule has 0 spiro atoms. The van der Waals surface area contributed by atoms with E-state index in [1.165, 1.54) is 43.9 Å². The number of rotatable bonds is 18. The van der Waals surface area contributed by atoms with Gasteiger partial charge in [0.25, 0.3) is 17.4 Å². The van der Waals surface area contributed by atoms with Gasteiger partial charge in [0.05, 0.1) is 35.3 Å². The number of nitrogens with one attached hydrogen (secondary N) is 3. The maximum absolute atomic E-state index is 16.5. The van der Waals surface area contributed by atoms with Gasteiger partial charge in [-0.15, -0.1) is 0 Å². The van der Waals surface area contributed by atoms with Crippen molar-refractivity contribution >= 4 is 40.3 Å². The van der Waals surface area contributed by atoms with Crippen LogP contribution in [0, 0.1) is 41.0 Å². The fourth-order valence-electron chi connectivity index (χ4n) is 13.4. The summed E-state index contributed by atoms with van der Waals surface area (Å²) >= 11 is 0. The lowest BCUT2D eigenvalue weighted by Gasteiger charge is -2.39. The van der Waals surface area contributed by atoms with Gasteiger partial charge in [-0.2, -0.15) is 5.10 Å². The summed E-state index contributed by atoms with van der Waals surface area (Å²) < 4.78 is 59.2. The van der Waals surface area contributed by atoms with Gasteiger partial charge in [0.1, 0.15) is 29.3 Å². The molecule has 0 radical (unpaired) electrons. The Morgan fingerprint density at radius 3 is 1.96 bits per heavy atom. The number of unbranched alkanes of at least 4 members (excludes halogenated alkanes) is 2. The van der Waals surface area contributed by atoms with E-state index < -0.39 is 41.1 Å². The monoisotopic (exact) mass is 1260 g/mol. The second-order valence-electron chi connectivity index (χ2n) is 25.1. The Hall–Kier alpha value is -6.99. The van der Waals surface area contributed by atoms with Crippen LogP contribution in [-0.4, -0.2) is 149 Å². The lowest BCUT2D eigenvalue weighted by molar-refractivity contribution is -0.137. The summed E-state index contributed by atoms with van der Waals surface area (Å²) in [6.07, 6.45) is 16.2. The first-order valence-electron chi connectivity index (χ1n) is 33.9. The summed E-state index contributed by atoms with van der Waals surface area (Å²) in [5.41, 5.74) is 1.42. The number of likely N-dealkylation sites (tertiary alicyclic amines) is 3. The molecule has 3 N–H and O–H groups in total. The van der Waals surface area contributed by atoms with Gasteiger partial charge in [-0.3, -0.25) is 33.7 Å². The van der Waals surface area contributed by atoms with E-state index in [0.717, 1.165) is 89.4 Å². The SMILES string of the molecule is CC.CCC.CCCCC.O=C(NC(C(=O)N1CCC(CC2CCN(CC(=O)N3CCN(C(=O)c4cc(Cc5n[nH]c(=O)c6ccccc56)ccc4F)CC3)CC2)CC1)C1CCCCC1)c1cccc(C2CCCN(C(=O)CNCc3ccc(F)cc3F)C2)c1F. The second kappa shape index (κ2) is 36.3. The Morgan fingerprint density at radius 2 is 1.30 bits per heavy atom. The molecular weight excluding hydrogens is 1160 g/mol. The third kappa shape index (κ3) is 20.0. The number of H-pyrrole nitrogens is 1. The molecule has 5 amide bonds. The molecular formula is C72H99F4N9O6. The number of hydrogen-bond acceptors (Lipinski definition) is 9. The Labute approximate surface area is 536 Å². The zero-order valence-electron chi connectivity index (χ0n) is 54.8. The van der Waals surface area contributed by atoms with Crippen molar-refractivity contribution in [1.82, 2.24) is 45.3 Å². The van der Waals surface area contributed by atoms with Gasteiger partial charge >= 0.3 is 0 Å². The lowest BCUT2D eigenvalue weighted by Crippen LogP contribution is -2.54. The minimum Gasteiger partial charge on any atom is -0.341 e. The number of halogens is 4. The topological polar surface area (TPSA) is 171 Å². The third-order valence-electron chi connectivity index (χ3n) is 18.5. The first kappa shape index (κ1) is 71.5. The van der Waals surface area contributed by atoms with E-state index in [9.17, 15) is 37.5 Å².